The molecule has 0 bridgehead atoms. The van der Waals surface area contributed by atoms with Gasteiger partial charge in [-0.15, -0.1) is 6.42 Å². The smallest absolute Gasteiger partial charge is 0.320 e. The lowest BCUT2D eigenvalue weighted by molar-refractivity contribution is 0.251. The van der Waals surface area contributed by atoms with Gasteiger partial charge in [0.25, 0.3) is 0 Å². The molecular weight excluding hydrogens is 188 g/mol. The van der Waals surface area contributed by atoms with Gasteiger partial charge in [0, 0.05) is 5.69 Å². The lowest BCUT2D eigenvalue weighted by Crippen LogP contribution is -2.35. The summed E-state index contributed by atoms with van der Waals surface area (Å²) in [7, 11) is 0. The number of nitrogens with one attached hydrogen (secondary N) is 2. The van der Waals surface area contributed by atoms with Crippen molar-refractivity contribution in [1.29, 1.82) is 0 Å². The van der Waals surface area contributed by atoms with Crippen LogP contribution >= 0.6 is 0 Å². The topological polar surface area (TPSA) is 41.1 Å². The molecule has 0 aromatic heterocycles. The van der Waals surface area contributed by atoms with Crippen LogP contribution in [0.2, 0.25) is 0 Å². The van der Waals surface area contributed by atoms with Crippen LogP contribution in [0.1, 0.15) is 12.5 Å². The number of amides is 2. The molecule has 1 aromatic carbocycles. The minimum absolute atomic E-state index is 0.269. The Labute approximate surface area is 89.9 Å². The Kier molecular flexibility index (Phi) is 3.75. The largest absolute Gasteiger partial charge is 0.325 e. The predicted octanol–water partition coefficient (Wildman–Crippen LogP) is 2.14. The molecule has 3 heteroatoms. The van der Waals surface area contributed by atoms with Gasteiger partial charge < -0.3 is 10.6 Å². The van der Waals surface area contributed by atoms with Crippen molar-refractivity contribution in [3.8, 4) is 12.3 Å². The number of carbonyl (C=O) groups excluding carboxylic acids is 1. The summed E-state index contributed by atoms with van der Waals surface area (Å²) in [5.41, 5.74) is 1.81. The molecule has 0 spiro atoms. The maximum atomic E-state index is 11.4. The third-order valence-electron chi connectivity index (χ3n) is 1.99. The van der Waals surface area contributed by atoms with Gasteiger partial charge in [0.1, 0.15) is 0 Å². The second-order valence-electron chi connectivity index (χ2n) is 3.30. The van der Waals surface area contributed by atoms with E-state index in [0.29, 0.717) is 0 Å². The summed E-state index contributed by atoms with van der Waals surface area (Å²) in [5, 5.41) is 5.35. The fourth-order valence-corrected chi connectivity index (χ4v) is 1.11. The number of aryl methyl sites for hydroxylation is 1. The average molecular weight is 202 g/mol. The van der Waals surface area contributed by atoms with E-state index < -0.39 is 0 Å². The molecule has 3 nitrogen and oxygen atoms in total. The number of urea groups is 1. The Morgan fingerprint density at radius 2 is 2.13 bits per heavy atom. The predicted molar refractivity (Wildman–Crippen MR) is 61.6 cm³/mol. The van der Waals surface area contributed by atoms with Gasteiger partial charge in [0.2, 0.25) is 0 Å². The highest BCUT2D eigenvalue weighted by Crippen LogP contribution is 2.12. The molecule has 1 atom stereocenters. The van der Waals surface area contributed by atoms with Crippen molar-refractivity contribution in [2.24, 2.45) is 0 Å². The van der Waals surface area contributed by atoms with Crippen molar-refractivity contribution in [3.05, 3.63) is 29.8 Å². The highest BCUT2D eigenvalue weighted by molar-refractivity contribution is 5.90. The van der Waals surface area contributed by atoms with Crippen LogP contribution in [0.3, 0.4) is 0 Å². The standard InChI is InChI=1S/C12H14N2O/c1-4-10(3)13-12(15)14-11-8-6-5-7-9(11)2/h1,5-8,10H,2-3H3,(H2,13,14,15). The maximum absolute atomic E-state index is 11.4. The minimum Gasteiger partial charge on any atom is -0.325 e. The van der Waals surface area contributed by atoms with Crippen LogP contribution in [0.4, 0.5) is 10.5 Å². The van der Waals surface area contributed by atoms with Crippen molar-refractivity contribution in [2.75, 3.05) is 5.32 Å². The van der Waals surface area contributed by atoms with E-state index in [0.717, 1.165) is 11.3 Å². The van der Waals surface area contributed by atoms with E-state index in [1.165, 1.54) is 0 Å². The van der Waals surface area contributed by atoms with E-state index in [1.54, 1.807) is 6.92 Å². The summed E-state index contributed by atoms with van der Waals surface area (Å²) < 4.78 is 0. The summed E-state index contributed by atoms with van der Waals surface area (Å²) in [6, 6.07) is 7.01. The van der Waals surface area contributed by atoms with Gasteiger partial charge in [-0.3, -0.25) is 0 Å². The summed E-state index contributed by atoms with van der Waals surface area (Å²) in [6.07, 6.45) is 5.15. The number of carbonyl (C=O) groups is 1. The third-order valence-corrected chi connectivity index (χ3v) is 1.99. The molecule has 2 N–H and O–H groups in total. The van der Waals surface area contributed by atoms with E-state index in [-0.39, 0.29) is 12.1 Å². The Balaban J connectivity index is 2.60. The fraction of sp³-hybridized carbons (Fsp3) is 0.250. The summed E-state index contributed by atoms with van der Waals surface area (Å²) in [5.74, 6) is 2.42. The maximum Gasteiger partial charge on any atom is 0.320 e. The number of benzene rings is 1. The molecule has 0 radical (unpaired) electrons. The number of terminal acetylenes is 1. The first-order chi connectivity index (χ1) is 7.13. The molecule has 0 heterocycles. The number of hydrogen-bond donors (Lipinski definition) is 2. The highest BCUT2D eigenvalue weighted by atomic mass is 16.2. The molecule has 0 fully saturated rings. The fourth-order valence-electron chi connectivity index (χ4n) is 1.11. The molecule has 0 saturated heterocycles. The number of anilines is 1. The lowest BCUT2D eigenvalue weighted by atomic mass is 10.2. The van der Waals surface area contributed by atoms with Gasteiger partial charge in [0.15, 0.2) is 0 Å². The first kappa shape index (κ1) is 11.1. The zero-order chi connectivity index (χ0) is 11.3. The molecule has 15 heavy (non-hydrogen) atoms. The van der Waals surface area contributed by atoms with E-state index in [1.807, 2.05) is 31.2 Å². The molecular formula is C12H14N2O. The van der Waals surface area contributed by atoms with Crippen LogP contribution in [0, 0.1) is 19.3 Å². The van der Waals surface area contributed by atoms with Crippen LogP contribution in [0.25, 0.3) is 0 Å². The Morgan fingerprint density at radius 1 is 1.47 bits per heavy atom. The average Bonchev–Trinajstić information content (AvgIpc) is 2.21. The van der Waals surface area contributed by atoms with Crippen LogP contribution in [0.5, 0.6) is 0 Å². The van der Waals surface area contributed by atoms with Crippen LogP contribution in [-0.2, 0) is 0 Å². The van der Waals surface area contributed by atoms with Crippen molar-refractivity contribution in [1.82, 2.24) is 5.32 Å². The van der Waals surface area contributed by atoms with Crippen LogP contribution in [-0.4, -0.2) is 12.1 Å². The molecule has 2 amide bonds. The Hall–Kier alpha value is -1.95. The van der Waals surface area contributed by atoms with Crippen molar-refractivity contribution >= 4 is 11.7 Å². The van der Waals surface area contributed by atoms with Crippen LogP contribution < -0.4 is 10.6 Å². The van der Waals surface area contributed by atoms with E-state index in [9.17, 15) is 4.79 Å². The number of para-hydroxylation sites is 1. The highest BCUT2D eigenvalue weighted by Gasteiger charge is 2.05. The Morgan fingerprint density at radius 3 is 2.73 bits per heavy atom. The molecule has 1 unspecified atom stereocenters. The SMILES string of the molecule is C#CC(C)NC(=O)Nc1ccccc1C. The van der Waals surface area contributed by atoms with Crippen molar-refractivity contribution in [3.63, 3.8) is 0 Å². The van der Waals surface area contributed by atoms with E-state index >= 15 is 0 Å². The van der Waals surface area contributed by atoms with Crippen LogP contribution in [0.15, 0.2) is 24.3 Å². The third kappa shape index (κ3) is 3.35. The summed E-state index contributed by atoms with van der Waals surface area (Å²) in [6.45, 7) is 3.68. The first-order valence-electron chi connectivity index (χ1n) is 4.72. The first-order valence-corrected chi connectivity index (χ1v) is 4.72. The Bertz CT molecular complexity index is 393. The molecule has 0 saturated carbocycles. The van der Waals surface area contributed by atoms with E-state index in [4.69, 9.17) is 6.42 Å². The zero-order valence-corrected chi connectivity index (χ0v) is 8.87. The lowest BCUT2D eigenvalue weighted by Gasteiger charge is -2.11. The molecule has 0 aliphatic carbocycles. The van der Waals surface area contributed by atoms with Crippen molar-refractivity contribution in [2.45, 2.75) is 19.9 Å². The molecule has 0 aliphatic heterocycles. The van der Waals surface area contributed by atoms with Gasteiger partial charge >= 0.3 is 6.03 Å². The zero-order valence-electron chi connectivity index (χ0n) is 8.87. The molecule has 0 aliphatic rings. The normalized spacial score (nSPS) is 11.3. The van der Waals surface area contributed by atoms with Crippen molar-refractivity contribution < 1.29 is 4.79 Å². The molecule has 1 rings (SSSR count). The summed E-state index contributed by atoms with van der Waals surface area (Å²) >= 11 is 0. The molecule has 78 valence electrons. The quantitative estimate of drug-likeness (QED) is 0.709. The van der Waals surface area contributed by atoms with Gasteiger partial charge in [-0.05, 0) is 25.5 Å². The van der Waals surface area contributed by atoms with Gasteiger partial charge in [-0.2, -0.15) is 0 Å². The monoisotopic (exact) mass is 202 g/mol. The second kappa shape index (κ2) is 5.06. The number of rotatable bonds is 2. The van der Waals surface area contributed by atoms with Gasteiger partial charge in [0.05, 0.1) is 6.04 Å². The molecule has 1 aromatic rings. The second-order valence-corrected chi connectivity index (χ2v) is 3.30. The minimum atomic E-state index is -0.283. The van der Waals surface area contributed by atoms with Gasteiger partial charge in [-0.1, -0.05) is 24.1 Å². The number of hydrogen-bond acceptors (Lipinski definition) is 1. The summed E-state index contributed by atoms with van der Waals surface area (Å²) in [4.78, 5) is 11.4. The van der Waals surface area contributed by atoms with E-state index in [2.05, 4.69) is 16.6 Å². The van der Waals surface area contributed by atoms with Gasteiger partial charge in [-0.25, -0.2) is 4.79 Å².